The van der Waals surface area contributed by atoms with Crippen molar-refractivity contribution >= 4 is 15.9 Å². The van der Waals surface area contributed by atoms with E-state index in [1.54, 1.807) is 0 Å². The van der Waals surface area contributed by atoms with Gasteiger partial charge in [-0.05, 0) is 48.9 Å². The quantitative estimate of drug-likeness (QED) is 0.869. The smallest absolute Gasteiger partial charge is 0.0793 e. The monoisotopic (exact) mass is 270 g/mol. The van der Waals surface area contributed by atoms with Gasteiger partial charge in [-0.3, -0.25) is 0 Å². The Balaban J connectivity index is 2.72. The highest BCUT2D eigenvalue weighted by atomic mass is 79.9. The lowest BCUT2D eigenvalue weighted by molar-refractivity contribution is 0.158. The fourth-order valence-electron chi connectivity index (χ4n) is 1.62. The molecule has 1 rings (SSSR count). The molecular weight excluding hydrogens is 252 g/mol. The summed E-state index contributed by atoms with van der Waals surface area (Å²) in [6.07, 6.45) is 1.58. The maximum absolute atomic E-state index is 10.1. The number of aryl methyl sites for hydroxylation is 1. The van der Waals surface area contributed by atoms with Crippen molar-refractivity contribution in [3.63, 3.8) is 0 Å². The molecule has 1 aromatic rings. The van der Waals surface area contributed by atoms with Gasteiger partial charge < -0.3 is 5.11 Å². The van der Waals surface area contributed by atoms with E-state index in [1.165, 1.54) is 0 Å². The van der Waals surface area contributed by atoms with Crippen LogP contribution in [0.15, 0.2) is 22.7 Å². The number of benzene rings is 1. The molecule has 0 amide bonds. The van der Waals surface area contributed by atoms with Crippen LogP contribution in [0, 0.1) is 12.8 Å². The summed E-state index contributed by atoms with van der Waals surface area (Å²) in [5.41, 5.74) is 2.21. The second-order valence-electron chi connectivity index (χ2n) is 4.49. The van der Waals surface area contributed by atoms with Gasteiger partial charge in [0.05, 0.1) is 6.10 Å². The summed E-state index contributed by atoms with van der Waals surface area (Å²) in [6.45, 7) is 6.40. The first-order valence-electron chi connectivity index (χ1n) is 5.45. The van der Waals surface area contributed by atoms with Crippen LogP contribution < -0.4 is 0 Å². The Morgan fingerprint density at radius 1 is 1.27 bits per heavy atom. The van der Waals surface area contributed by atoms with Gasteiger partial charge in [0.1, 0.15) is 0 Å². The number of hydrogen-bond acceptors (Lipinski definition) is 1. The molecule has 0 aliphatic rings. The fourth-order valence-corrected chi connectivity index (χ4v) is 2.00. The molecule has 0 fully saturated rings. The Kier molecular flexibility index (Phi) is 4.81. The molecule has 1 nitrogen and oxygen atoms in total. The van der Waals surface area contributed by atoms with E-state index < -0.39 is 0 Å². The van der Waals surface area contributed by atoms with E-state index in [0.717, 1.165) is 28.4 Å². The summed E-state index contributed by atoms with van der Waals surface area (Å²) < 4.78 is 1.03. The minimum absolute atomic E-state index is 0.329. The third-order valence-corrected chi connectivity index (χ3v) is 3.11. The maximum Gasteiger partial charge on any atom is 0.0793 e. The largest absolute Gasteiger partial charge is 0.388 e. The maximum atomic E-state index is 10.1. The van der Waals surface area contributed by atoms with Crippen molar-refractivity contribution in [2.75, 3.05) is 0 Å². The first kappa shape index (κ1) is 12.7. The molecule has 0 radical (unpaired) electrons. The molecule has 84 valence electrons. The van der Waals surface area contributed by atoms with Gasteiger partial charge in [-0.2, -0.15) is 0 Å². The topological polar surface area (TPSA) is 20.2 Å². The zero-order valence-electron chi connectivity index (χ0n) is 9.63. The molecule has 1 N–H and O–H groups in total. The van der Waals surface area contributed by atoms with Crippen LogP contribution in [0.1, 0.15) is 43.9 Å². The molecule has 1 unspecified atom stereocenters. The van der Waals surface area contributed by atoms with Gasteiger partial charge >= 0.3 is 0 Å². The van der Waals surface area contributed by atoms with Crippen molar-refractivity contribution in [3.05, 3.63) is 33.8 Å². The number of aliphatic hydroxyl groups is 1. The van der Waals surface area contributed by atoms with E-state index in [4.69, 9.17) is 0 Å². The highest BCUT2D eigenvalue weighted by Crippen LogP contribution is 2.26. The minimum Gasteiger partial charge on any atom is -0.388 e. The molecule has 2 heteroatoms. The van der Waals surface area contributed by atoms with Gasteiger partial charge in [0, 0.05) is 4.47 Å². The van der Waals surface area contributed by atoms with E-state index in [9.17, 15) is 5.11 Å². The van der Waals surface area contributed by atoms with Crippen LogP contribution in [0.2, 0.25) is 0 Å². The summed E-state index contributed by atoms with van der Waals surface area (Å²) >= 11 is 3.43. The number of aliphatic hydroxyl groups excluding tert-OH is 1. The van der Waals surface area contributed by atoms with E-state index in [1.807, 2.05) is 25.1 Å². The van der Waals surface area contributed by atoms with E-state index >= 15 is 0 Å². The van der Waals surface area contributed by atoms with Crippen molar-refractivity contribution in [1.82, 2.24) is 0 Å². The first-order valence-corrected chi connectivity index (χ1v) is 6.24. The molecule has 0 spiro atoms. The third-order valence-electron chi connectivity index (χ3n) is 2.62. The molecule has 0 saturated carbocycles. The number of rotatable bonds is 4. The summed E-state index contributed by atoms with van der Waals surface area (Å²) in [5, 5.41) is 10.1. The molecule has 0 heterocycles. The van der Waals surface area contributed by atoms with Gasteiger partial charge in [-0.25, -0.2) is 0 Å². The summed E-state index contributed by atoms with van der Waals surface area (Å²) in [6, 6.07) is 6.06. The van der Waals surface area contributed by atoms with Crippen molar-refractivity contribution in [3.8, 4) is 0 Å². The van der Waals surface area contributed by atoms with Crippen LogP contribution in [-0.2, 0) is 0 Å². The van der Waals surface area contributed by atoms with Gasteiger partial charge in [-0.15, -0.1) is 0 Å². The number of halogens is 1. The standard InChI is InChI=1S/C13H19BrO/c1-9(2)4-7-13(15)12-8-11(14)6-5-10(12)3/h5-6,8-9,13,15H,4,7H2,1-3H3. The van der Waals surface area contributed by atoms with Crippen LogP contribution >= 0.6 is 15.9 Å². The van der Waals surface area contributed by atoms with Crippen LogP contribution in [0.4, 0.5) is 0 Å². The van der Waals surface area contributed by atoms with Crippen LogP contribution in [0.25, 0.3) is 0 Å². The molecule has 0 saturated heterocycles. The first-order chi connectivity index (χ1) is 7.00. The third kappa shape index (κ3) is 3.96. The van der Waals surface area contributed by atoms with Crippen molar-refractivity contribution < 1.29 is 5.11 Å². The van der Waals surface area contributed by atoms with E-state index in [-0.39, 0.29) is 6.10 Å². The zero-order valence-corrected chi connectivity index (χ0v) is 11.2. The van der Waals surface area contributed by atoms with E-state index in [2.05, 4.69) is 29.8 Å². The molecule has 15 heavy (non-hydrogen) atoms. The van der Waals surface area contributed by atoms with Gasteiger partial charge in [-0.1, -0.05) is 35.8 Å². The zero-order chi connectivity index (χ0) is 11.4. The molecular formula is C13H19BrO. The van der Waals surface area contributed by atoms with Crippen LogP contribution in [-0.4, -0.2) is 5.11 Å². The second kappa shape index (κ2) is 5.66. The minimum atomic E-state index is -0.329. The van der Waals surface area contributed by atoms with Crippen molar-refractivity contribution in [2.24, 2.45) is 5.92 Å². The predicted octanol–water partition coefficient (Wildman–Crippen LogP) is 4.23. The lowest BCUT2D eigenvalue weighted by atomic mass is 9.97. The summed E-state index contributed by atoms with van der Waals surface area (Å²) in [4.78, 5) is 0. The Morgan fingerprint density at radius 2 is 1.93 bits per heavy atom. The predicted molar refractivity (Wildman–Crippen MR) is 67.9 cm³/mol. The Hall–Kier alpha value is -0.340. The highest BCUT2D eigenvalue weighted by Gasteiger charge is 2.11. The highest BCUT2D eigenvalue weighted by molar-refractivity contribution is 9.10. The Morgan fingerprint density at radius 3 is 2.53 bits per heavy atom. The molecule has 0 aliphatic carbocycles. The second-order valence-corrected chi connectivity index (χ2v) is 5.40. The van der Waals surface area contributed by atoms with Crippen LogP contribution in [0.3, 0.4) is 0 Å². The fraction of sp³-hybridized carbons (Fsp3) is 0.538. The Labute approximate surface area is 101 Å². The lowest BCUT2D eigenvalue weighted by Gasteiger charge is -2.15. The Bertz CT molecular complexity index is 320. The van der Waals surface area contributed by atoms with Gasteiger partial charge in [0.2, 0.25) is 0 Å². The average Bonchev–Trinajstić information content (AvgIpc) is 2.18. The normalized spacial score (nSPS) is 13.2. The average molecular weight is 271 g/mol. The molecule has 0 bridgehead atoms. The van der Waals surface area contributed by atoms with Gasteiger partial charge in [0.25, 0.3) is 0 Å². The summed E-state index contributed by atoms with van der Waals surface area (Å²) in [5.74, 6) is 0.645. The van der Waals surface area contributed by atoms with E-state index in [0.29, 0.717) is 5.92 Å². The van der Waals surface area contributed by atoms with Crippen LogP contribution in [0.5, 0.6) is 0 Å². The summed E-state index contributed by atoms with van der Waals surface area (Å²) in [7, 11) is 0. The molecule has 1 atom stereocenters. The molecule has 0 aliphatic heterocycles. The lowest BCUT2D eigenvalue weighted by Crippen LogP contribution is -2.02. The van der Waals surface area contributed by atoms with Crippen molar-refractivity contribution in [2.45, 2.75) is 39.7 Å². The molecule has 1 aromatic carbocycles. The van der Waals surface area contributed by atoms with Crippen molar-refractivity contribution in [1.29, 1.82) is 0 Å². The van der Waals surface area contributed by atoms with Gasteiger partial charge in [0.15, 0.2) is 0 Å². The SMILES string of the molecule is Cc1ccc(Br)cc1C(O)CCC(C)C. The molecule has 0 aromatic heterocycles. The number of hydrogen-bond donors (Lipinski definition) is 1.